The molecule has 4 aromatic rings. The SMILES string of the molecule is Cc1cc(NC(=O)c2csc(-c3ncccn3)n2)n(-c2cccc(Br)c2)n1. The van der Waals surface area contributed by atoms with Crippen molar-refractivity contribution in [1.82, 2.24) is 24.7 Å². The Balaban J connectivity index is 1.60. The summed E-state index contributed by atoms with van der Waals surface area (Å²) < 4.78 is 2.61. The van der Waals surface area contributed by atoms with Crippen molar-refractivity contribution in [3.8, 4) is 16.5 Å². The van der Waals surface area contributed by atoms with E-state index in [1.54, 1.807) is 28.5 Å². The van der Waals surface area contributed by atoms with Crippen LogP contribution in [-0.4, -0.2) is 30.6 Å². The lowest BCUT2D eigenvalue weighted by atomic mass is 10.3. The molecule has 0 aliphatic heterocycles. The Bertz CT molecular complexity index is 1110. The molecule has 134 valence electrons. The van der Waals surface area contributed by atoms with Gasteiger partial charge in [0.25, 0.3) is 5.91 Å². The molecule has 1 N–H and O–H groups in total. The number of nitrogens with one attached hydrogen (secondary N) is 1. The van der Waals surface area contributed by atoms with Gasteiger partial charge < -0.3 is 5.32 Å². The molecule has 0 saturated heterocycles. The van der Waals surface area contributed by atoms with E-state index >= 15 is 0 Å². The van der Waals surface area contributed by atoms with Gasteiger partial charge in [0.15, 0.2) is 10.8 Å². The van der Waals surface area contributed by atoms with Gasteiger partial charge in [0.1, 0.15) is 11.5 Å². The van der Waals surface area contributed by atoms with Crippen LogP contribution in [0.15, 0.2) is 58.6 Å². The fraction of sp³-hybridized carbons (Fsp3) is 0.0556. The highest BCUT2D eigenvalue weighted by molar-refractivity contribution is 9.10. The lowest BCUT2D eigenvalue weighted by Crippen LogP contribution is -2.15. The average Bonchev–Trinajstić information content (AvgIpc) is 3.29. The standard InChI is InChI=1S/C18H13BrN6OS/c1-11-8-15(25(24-11)13-5-2-4-12(19)9-13)23-17(26)14-10-27-18(22-14)16-20-6-3-7-21-16/h2-10H,1H3,(H,23,26). The molecule has 1 aromatic carbocycles. The molecule has 0 saturated carbocycles. The van der Waals surface area contributed by atoms with Crippen LogP contribution in [0, 0.1) is 6.92 Å². The van der Waals surface area contributed by atoms with E-state index in [-0.39, 0.29) is 5.91 Å². The minimum Gasteiger partial charge on any atom is -0.305 e. The summed E-state index contributed by atoms with van der Waals surface area (Å²) in [4.78, 5) is 25.3. The van der Waals surface area contributed by atoms with Gasteiger partial charge in [0.2, 0.25) is 0 Å². The van der Waals surface area contributed by atoms with E-state index in [4.69, 9.17) is 0 Å². The molecule has 0 radical (unpaired) electrons. The quantitative estimate of drug-likeness (QED) is 0.515. The molecule has 0 unspecified atom stereocenters. The summed E-state index contributed by atoms with van der Waals surface area (Å²) >= 11 is 4.78. The Morgan fingerprint density at radius 1 is 1.19 bits per heavy atom. The third-order valence-corrected chi connectivity index (χ3v) is 4.95. The highest BCUT2D eigenvalue weighted by Crippen LogP contribution is 2.23. The number of thiazole rings is 1. The lowest BCUT2D eigenvalue weighted by Gasteiger charge is -2.08. The van der Waals surface area contributed by atoms with Crippen molar-refractivity contribution in [3.05, 3.63) is 70.0 Å². The molecule has 0 fully saturated rings. The van der Waals surface area contributed by atoms with E-state index in [2.05, 4.69) is 41.3 Å². The van der Waals surface area contributed by atoms with Crippen LogP contribution >= 0.6 is 27.3 Å². The van der Waals surface area contributed by atoms with Crippen LogP contribution < -0.4 is 5.32 Å². The number of halogens is 1. The summed E-state index contributed by atoms with van der Waals surface area (Å²) in [5.74, 6) is 0.752. The van der Waals surface area contributed by atoms with Crippen molar-refractivity contribution in [2.45, 2.75) is 6.92 Å². The zero-order chi connectivity index (χ0) is 18.8. The van der Waals surface area contributed by atoms with Crippen molar-refractivity contribution in [2.75, 3.05) is 5.32 Å². The highest BCUT2D eigenvalue weighted by atomic mass is 79.9. The maximum atomic E-state index is 12.7. The second-order valence-corrected chi connectivity index (χ2v) is 7.40. The Labute approximate surface area is 167 Å². The Morgan fingerprint density at radius 2 is 2.00 bits per heavy atom. The fourth-order valence-electron chi connectivity index (χ4n) is 2.46. The zero-order valence-electron chi connectivity index (χ0n) is 14.1. The first-order valence-electron chi connectivity index (χ1n) is 7.97. The molecule has 27 heavy (non-hydrogen) atoms. The molecule has 1 amide bonds. The average molecular weight is 441 g/mol. The first-order valence-corrected chi connectivity index (χ1v) is 9.64. The predicted octanol–water partition coefficient (Wildman–Crippen LogP) is 4.11. The molecular formula is C18H13BrN6OS. The number of aryl methyl sites for hydroxylation is 1. The van der Waals surface area contributed by atoms with E-state index in [9.17, 15) is 4.79 Å². The lowest BCUT2D eigenvalue weighted by molar-refractivity contribution is 0.102. The van der Waals surface area contributed by atoms with Crippen LogP contribution in [0.2, 0.25) is 0 Å². The number of carbonyl (C=O) groups is 1. The van der Waals surface area contributed by atoms with Crippen molar-refractivity contribution in [2.24, 2.45) is 0 Å². The molecule has 0 spiro atoms. The number of hydrogen-bond acceptors (Lipinski definition) is 6. The Hall–Kier alpha value is -2.91. The summed E-state index contributed by atoms with van der Waals surface area (Å²) in [5.41, 5.74) is 1.94. The van der Waals surface area contributed by atoms with Crippen LogP contribution in [0.3, 0.4) is 0 Å². The first kappa shape index (κ1) is 17.5. The van der Waals surface area contributed by atoms with Gasteiger partial charge in [-0.1, -0.05) is 22.0 Å². The minimum absolute atomic E-state index is 0.307. The summed E-state index contributed by atoms with van der Waals surface area (Å²) in [6.07, 6.45) is 3.28. The van der Waals surface area contributed by atoms with Crippen molar-refractivity contribution >= 4 is 39.0 Å². The molecule has 0 aliphatic carbocycles. The minimum atomic E-state index is -0.315. The molecule has 0 bridgehead atoms. The molecule has 0 atom stereocenters. The number of anilines is 1. The van der Waals surface area contributed by atoms with Gasteiger partial charge in [-0.2, -0.15) is 5.10 Å². The van der Waals surface area contributed by atoms with Gasteiger partial charge in [0.05, 0.1) is 11.4 Å². The maximum Gasteiger partial charge on any atom is 0.276 e. The van der Waals surface area contributed by atoms with Gasteiger partial charge in [0, 0.05) is 28.3 Å². The Morgan fingerprint density at radius 3 is 2.78 bits per heavy atom. The fourth-order valence-corrected chi connectivity index (χ4v) is 3.60. The first-order chi connectivity index (χ1) is 13.1. The van der Waals surface area contributed by atoms with Crippen molar-refractivity contribution in [3.63, 3.8) is 0 Å². The molecule has 4 rings (SSSR count). The van der Waals surface area contributed by atoms with E-state index in [1.165, 1.54) is 11.3 Å². The number of carbonyl (C=O) groups excluding carboxylic acids is 1. The molecular weight excluding hydrogens is 428 g/mol. The smallest absolute Gasteiger partial charge is 0.276 e. The summed E-state index contributed by atoms with van der Waals surface area (Å²) in [7, 11) is 0. The number of benzene rings is 1. The van der Waals surface area contributed by atoms with Gasteiger partial charge in [-0.05, 0) is 31.2 Å². The summed E-state index contributed by atoms with van der Waals surface area (Å²) in [5, 5.41) is 9.63. The number of hydrogen-bond donors (Lipinski definition) is 1. The van der Waals surface area contributed by atoms with Crippen molar-refractivity contribution < 1.29 is 4.79 Å². The van der Waals surface area contributed by atoms with Gasteiger partial charge >= 0.3 is 0 Å². The van der Waals surface area contributed by atoms with Gasteiger partial charge in [-0.25, -0.2) is 19.6 Å². The number of amides is 1. The van der Waals surface area contributed by atoms with Crippen LogP contribution in [0.25, 0.3) is 16.5 Å². The van der Waals surface area contributed by atoms with Crippen molar-refractivity contribution in [1.29, 1.82) is 0 Å². The van der Waals surface area contributed by atoms with Crippen LogP contribution in [0.1, 0.15) is 16.2 Å². The second kappa shape index (κ2) is 7.37. The zero-order valence-corrected chi connectivity index (χ0v) is 16.5. The van der Waals surface area contributed by atoms with Crippen LogP contribution in [-0.2, 0) is 0 Å². The van der Waals surface area contributed by atoms with Gasteiger partial charge in [-0.15, -0.1) is 11.3 Å². The number of nitrogens with zero attached hydrogens (tertiary/aromatic N) is 5. The van der Waals surface area contributed by atoms with E-state index < -0.39 is 0 Å². The topological polar surface area (TPSA) is 85.6 Å². The molecule has 7 nitrogen and oxygen atoms in total. The van der Waals surface area contributed by atoms with Gasteiger partial charge in [-0.3, -0.25) is 4.79 Å². The maximum absolute atomic E-state index is 12.7. The van der Waals surface area contributed by atoms with E-state index in [0.717, 1.165) is 15.9 Å². The summed E-state index contributed by atoms with van der Waals surface area (Å²) in [6.45, 7) is 1.87. The highest BCUT2D eigenvalue weighted by Gasteiger charge is 2.16. The third-order valence-electron chi connectivity index (χ3n) is 3.62. The van der Waals surface area contributed by atoms with Crippen LogP contribution in [0.5, 0.6) is 0 Å². The number of aromatic nitrogens is 5. The molecule has 9 heteroatoms. The van der Waals surface area contributed by atoms with E-state index in [1.807, 2.05) is 37.3 Å². The summed E-state index contributed by atoms with van der Waals surface area (Å²) in [6, 6.07) is 11.2. The largest absolute Gasteiger partial charge is 0.305 e. The molecule has 3 heterocycles. The monoisotopic (exact) mass is 440 g/mol. The molecule has 0 aliphatic rings. The second-order valence-electron chi connectivity index (χ2n) is 5.63. The number of rotatable bonds is 4. The third kappa shape index (κ3) is 3.79. The molecule has 3 aromatic heterocycles. The Kier molecular flexibility index (Phi) is 4.78. The van der Waals surface area contributed by atoms with E-state index in [0.29, 0.717) is 22.3 Å². The predicted molar refractivity (Wildman–Crippen MR) is 107 cm³/mol. The van der Waals surface area contributed by atoms with Crippen LogP contribution in [0.4, 0.5) is 5.82 Å². The normalized spacial score (nSPS) is 10.7.